The first-order chi connectivity index (χ1) is 17.0. The number of benzene rings is 2. The van der Waals surface area contributed by atoms with Crippen LogP contribution in [-0.4, -0.2) is 54.4 Å². The minimum Gasteiger partial charge on any atom is -0.497 e. The van der Waals surface area contributed by atoms with Gasteiger partial charge in [-0.1, -0.05) is 40.5 Å². The van der Waals surface area contributed by atoms with E-state index in [0.717, 1.165) is 30.1 Å². The number of carbonyl (C=O) groups is 1. The van der Waals surface area contributed by atoms with Crippen molar-refractivity contribution in [2.75, 3.05) is 38.3 Å². The fourth-order valence-electron chi connectivity index (χ4n) is 4.75. The summed E-state index contributed by atoms with van der Waals surface area (Å²) in [6.45, 7) is 4.78. The Balaban J connectivity index is 1.25. The molecule has 1 aliphatic carbocycles. The second-order valence-electron chi connectivity index (χ2n) is 8.78. The minimum absolute atomic E-state index is 0.101. The monoisotopic (exact) mass is 516 g/mol. The summed E-state index contributed by atoms with van der Waals surface area (Å²) in [5.74, 6) is 2.04. The summed E-state index contributed by atoms with van der Waals surface area (Å²) >= 11 is 12.2. The summed E-state index contributed by atoms with van der Waals surface area (Å²) in [7, 11) is 1.63. The lowest BCUT2D eigenvalue weighted by Crippen LogP contribution is -2.25. The quantitative estimate of drug-likeness (QED) is 0.385. The van der Waals surface area contributed by atoms with E-state index >= 15 is 0 Å². The predicted octanol–water partition coefficient (Wildman–Crippen LogP) is 4.58. The molecule has 1 saturated carbocycles. The van der Waals surface area contributed by atoms with E-state index in [4.69, 9.17) is 37.4 Å². The molecule has 35 heavy (non-hydrogen) atoms. The molecule has 2 unspecified atom stereocenters. The molecule has 0 N–H and O–H groups in total. The number of esters is 1. The molecule has 0 radical (unpaired) electrons. The van der Waals surface area contributed by atoms with Crippen LogP contribution in [0.3, 0.4) is 0 Å². The van der Waals surface area contributed by atoms with Crippen molar-refractivity contribution in [3.63, 3.8) is 0 Å². The highest BCUT2D eigenvalue weighted by Gasteiger charge is 2.56. The Bertz CT molecular complexity index is 1200. The number of nitrogens with zero attached hydrogens (tertiary/aromatic N) is 4. The fourth-order valence-corrected chi connectivity index (χ4v) is 5.04. The topological polar surface area (TPSA) is 78.7 Å². The molecule has 8 nitrogen and oxygen atoms in total. The predicted molar refractivity (Wildman–Crippen MR) is 133 cm³/mol. The molecule has 2 aromatic carbocycles. The minimum atomic E-state index is -0.537. The number of rotatable bonds is 9. The van der Waals surface area contributed by atoms with Crippen LogP contribution < -0.4 is 14.4 Å². The van der Waals surface area contributed by atoms with Crippen molar-refractivity contribution < 1.29 is 19.0 Å². The molecule has 3 aromatic rings. The number of aromatic nitrogens is 3. The van der Waals surface area contributed by atoms with E-state index in [0.29, 0.717) is 46.8 Å². The van der Waals surface area contributed by atoms with E-state index in [-0.39, 0.29) is 12.3 Å². The van der Waals surface area contributed by atoms with Gasteiger partial charge in [-0.05, 0) is 54.7 Å². The van der Waals surface area contributed by atoms with Gasteiger partial charge in [-0.25, -0.2) is 9.48 Å². The van der Waals surface area contributed by atoms with E-state index in [1.807, 2.05) is 42.5 Å². The molecule has 1 aromatic heterocycles. The average molecular weight is 517 g/mol. The van der Waals surface area contributed by atoms with Crippen LogP contribution in [-0.2, 0) is 11.3 Å². The van der Waals surface area contributed by atoms with E-state index in [9.17, 15) is 4.79 Å². The largest absolute Gasteiger partial charge is 0.497 e. The summed E-state index contributed by atoms with van der Waals surface area (Å²) < 4.78 is 18.2. The summed E-state index contributed by atoms with van der Waals surface area (Å²) in [6, 6.07) is 13.4. The van der Waals surface area contributed by atoms with Gasteiger partial charge in [0.15, 0.2) is 0 Å². The highest BCUT2D eigenvalue weighted by molar-refractivity contribution is 6.42. The Labute approximate surface area is 213 Å². The van der Waals surface area contributed by atoms with Crippen molar-refractivity contribution in [1.29, 1.82) is 0 Å². The number of anilines is 1. The standard InChI is InChI=1S/C25H26Cl2N4O4/c1-3-34-25(32)23-24(31(29-28-23)11-15-4-7-17(33-2)8-5-15)35-14-20-18-12-30(13-19(18)20)16-6-9-21(26)22(27)10-16/h4-10,18-20H,3,11-14H2,1-2H3. The van der Waals surface area contributed by atoms with E-state index in [1.165, 1.54) is 0 Å². The first-order valence-electron chi connectivity index (χ1n) is 11.5. The van der Waals surface area contributed by atoms with Crippen LogP contribution in [0.25, 0.3) is 0 Å². The second-order valence-corrected chi connectivity index (χ2v) is 9.59. The lowest BCUT2D eigenvalue weighted by molar-refractivity contribution is 0.0513. The third-order valence-corrected chi connectivity index (χ3v) is 7.44. The van der Waals surface area contributed by atoms with Crippen LogP contribution in [0.1, 0.15) is 23.0 Å². The number of hydrogen-bond donors (Lipinski definition) is 0. The van der Waals surface area contributed by atoms with Crippen molar-refractivity contribution in [2.24, 2.45) is 17.8 Å². The van der Waals surface area contributed by atoms with Crippen LogP contribution >= 0.6 is 23.2 Å². The molecular weight excluding hydrogens is 491 g/mol. The molecule has 0 spiro atoms. The van der Waals surface area contributed by atoms with Crippen molar-refractivity contribution in [3.8, 4) is 11.6 Å². The smallest absolute Gasteiger partial charge is 0.364 e. The number of fused-ring (bicyclic) bond motifs is 1. The molecule has 2 fully saturated rings. The van der Waals surface area contributed by atoms with Crippen molar-refractivity contribution in [3.05, 3.63) is 63.8 Å². The van der Waals surface area contributed by atoms with Crippen LogP contribution in [0.4, 0.5) is 5.69 Å². The van der Waals surface area contributed by atoms with Gasteiger partial charge in [0.05, 0.1) is 36.9 Å². The zero-order chi connectivity index (χ0) is 24.5. The molecule has 0 bridgehead atoms. The lowest BCUT2D eigenvalue weighted by atomic mass is 10.2. The van der Waals surface area contributed by atoms with Crippen molar-refractivity contribution in [2.45, 2.75) is 13.5 Å². The summed E-state index contributed by atoms with van der Waals surface area (Å²) in [5.41, 5.74) is 2.16. The zero-order valence-corrected chi connectivity index (χ0v) is 21.0. The number of halogens is 2. The number of ether oxygens (including phenoxy) is 3. The molecule has 2 aliphatic rings. The van der Waals surface area contributed by atoms with Gasteiger partial charge in [-0.15, -0.1) is 5.10 Å². The van der Waals surface area contributed by atoms with Gasteiger partial charge in [0.2, 0.25) is 11.6 Å². The first kappa shape index (κ1) is 23.8. The van der Waals surface area contributed by atoms with E-state index in [1.54, 1.807) is 18.7 Å². The number of hydrogen-bond acceptors (Lipinski definition) is 7. The molecule has 1 saturated heterocycles. The highest BCUT2D eigenvalue weighted by Crippen LogP contribution is 2.53. The molecule has 0 amide bonds. The molecule has 184 valence electrons. The van der Waals surface area contributed by atoms with Gasteiger partial charge in [0.25, 0.3) is 0 Å². The summed E-state index contributed by atoms with van der Waals surface area (Å²) in [4.78, 5) is 14.8. The Hall–Kier alpha value is -2.97. The molecule has 2 atom stereocenters. The Kier molecular flexibility index (Phi) is 6.75. The van der Waals surface area contributed by atoms with Gasteiger partial charge < -0.3 is 19.1 Å². The Morgan fingerprint density at radius 3 is 2.49 bits per heavy atom. The Morgan fingerprint density at radius 1 is 1.09 bits per heavy atom. The molecule has 1 aliphatic heterocycles. The maximum absolute atomic E-state index is 12.5. The Morgan fingerprint density at radius 2 is 1.83 bits per heavy atom. The first-order valence-corrected chi connectivity index (χ1v) is 12.3. The highest BCUT2D eigenvalue weighted by atomic mass is 35.5. The molecule has 2 heterocycles. The van der Waals surface area contributed by atoms with Gasteiger partial charge >= 0.3 is 5.97 Å². The molecule has 5 rings (SSSR count). The van der Waals surface area contributed by atoms with Gasteiger partial charge in [0, 0.05) is 24.7 Å². The van der Waals surface area contributed by atoms with Crippen LogP contribution in [0, 0.1) is 17.8 Å². The maximum atomic E-state index is 12.5. The van der Waals surface area contributed by atoms with Gasteiger partial charge in [-0.3, -0.25) is 0 Å². The van der Waals surface area contributed by atoms with Crippen molar-refractivity contribution >= 4 is 34.9 Å². The maximum Gasteiger partial charge on any atom is 0.364 e. The number of methoxy groups -OCH3 is 1. The third-order valence-electron chi connectivity index (χ3n) is 6.70. The molecular formula is C25H26Cl2N4O4. The normalized spacial score (nSPS) is 20.5. The van der Waals surface area contributed by atoms with Crippen LogP contribution in [0.2, 0.25) is 10.0 Å². The van der Waals surface area contributed by atoms with Crippen molar-refractivity contribution in [1.82, 2.24) is 15.0 Å². The van der Waals surface area contributed by atoms with Gasteiger partial charge in [0.1, 0.15) is 5.75 Å². The SMILES string of the molecule is CCOC(=O)c1nnn(Cc2ccc(OC)cc2)c1OCC1C2CN(c3ccc(Cl)c(Cl)c3)CC12. The van der Waals surface area contributed by atoms with E-state index < -0.39 is 5.97 Å². The molecule has 10 heteroatoms. The number of carbonyl (C=O) groups excluding carboxylic acids is 1. The van der Waals surface area contributed by atoms with E-state index in [2.05, 4.69) is 15.2 Å². The summed E-state index contributed by atoms with van der Waals surface area (Å²) in [6.07, 6.45) is 0. The van der Waals surface area contributed by atoms with Gasteiger partial charge in [-0.2, -0.15) is 0 Å². The van der Waals surface area contributed by atoms with Crippen LogP contribution in [0.15, 0.2) is 42.5 Å². The average Bonchev–Trinajstić information content (AvgIpc) is 3.17. The second kappa shape index (κ2) is 9.95. The zero-order valence-electron chi connectivity index (χ0n) is 19.5. The third kappa shape index (κ3) is 4.90. The summed E-state index contributed by atoms with van der Waals surface area (Å²) in [5, 5.41) is 9.35. The lowest BCUT2D eigenvalue weighted by Gasteiger charge is -2.22. The number of piperidine rings is 1. The van der Waals surface area contributed by atoms with Crippen LogP contribution in [0.5, 0.6) is 11.6 Å². The fraction of sp³-hybridized carbons (Fsp3) is 0.400.